The highest BCUT2D eigenvalue weighted by molar-refractivity contribution is 9.10. The minimum atomic E-state index is -0.0823. The number of halogens is 2. The third kappa shape index (κ3) is 4.19. The number of amides is 1. The molecule has 0 aliphatic heterocycles. The summed E-state index contributed by atoms with van der Waals surface area (Å²) in [6.45, 7) is 3.06. The van der Waals surface area contributed by atoms with Gasteiger partial charge in [-0.3, -0.25) is 4.79 Å². The van der Waals surface area contributed by atoms with E-state index in [1.54, 1.807) is 31.3 Å². The molecule has 0 radical (unpaired) electrons. The molecule has 0 saturated heterocycles. The molecular formula is C16H17BrClNO3S. The molecule has 0 unspecified atom stereocenters. The Hall–Kier alpha value is -1.24. The average Bonchev–Trinajstić information content (AvgIpc) is 2.97. The standard InChI is InChI=1S/C16H17BrClNO3S/c1-4-19(9-11-5-6-14(18)23-11)16(20)10-7-12(21-2)15(17)13(8-10)22-3/h5-8H,4,9H2,1-3H3. The molecular weight excluding hydrogens is 402 g/mol. The van der Waals surface area contributed by atoms with Crippen LogP contribution in [-0.2, 0) is 6.54 Å². The molecule has 0 aliphatic rings. The number of rotatable bonds is 6. The van der Waals surface area contributed by atoms with Crippen LogP contribution in [0.4, 0.5) is 0 Å². The largest absolute Gasteiger partial charge is 0.495 e. The molecule has 1 amide bonds. The first-order valence-corrected chi connectivity index (χ1v) is 8.93. The normalized spacial score (nSPS) is 10.5. The molecule has 1 heterocycles. The lowest BCUT2D eigenvalue weighted by atomic mass is 10.1. The molecule has 0 spiro atoms. The molecule has 23 heavy (non-hydrogen) atoms. The number of ether oxygens (including phenoxy) is 2. The van der Waals surface area contributed by atoms with Crippen molar-refractivity contribution in [2.45, 2.75) is 13.5 Å². The van der Waals surface area contributed by atoms with Crippen molar-refractivity contribution in [2.75, 3.05) is 20.8 Å². The zero-order valence-corrected chi connectivity index (χ0v) is 16.2. The van der Waals surface area contributed by atoms with Crippen LogP contribution in [0.25, 0.3) is 0 Å². The second-order valence-corrected chi connectivity index (χ2v) is 7.31. The number of hydrogen-bond donors (Lipinski definition) is 0. The number of benzene rings is 1. The van der Waals surface area contributed by atoms with Crippen molar-refractivity contribution in [1.82, 2.24) is 4.90 Å². The Morgan fingerprint density at radius 3 is 2.30 bits per heavy atom. The number of methoxy groups -OCH3 is 2. The SMILES string of the molecule is CCN(Cc1ccc(Cl)s1)C(=O)c1cc(OC)c(Br)c(OC)c1. The van der Waals surface area contributed by atoms with Crippen molar-refractivity contribution >= 4 is 44.8 Å². The van der Waals surface area contributed by atoms with Crippen molar-refractivity contribution in [3.8, 4) is 11.5 Å². The number of hydrogen-bond acceptors (Lipinski definition) is 4. The highest BCUT2D eigenvalue weighted by Gasteiger charge is 2.19. The van der Waals surface area contributed by atoms with Gasteiger partial charge in [-0.2, -0.15) is 0 Å². The molecule has 7 heteroatoms. The van der Waals surface area contributed by atoms with Gasteiger partial charge in [0.05, 0.1) is 25.1 Å². The number of carbonyl (C=O) groups excluding carboxylic acids is 1. The van der Waals surface area contributed by atoms with Crippen molar-refractivity contribution in [1.29, 1.82) is 0 Å². The minimum absolute atomic E-state index is 0.0823. The lowest BCUT2D eigenvalue weighted by Crippen LogP contribution is -2.30. The van der Waals surface area contributed by atoms with Crippen LogP contribution >= 0.6 is 38.9 Å². The van der Waals surface area contributed by atoms with Crippen molar-refractivity contribution in [2.24, 2.45) is 0 Å². The topological polar surface area (TPSA) is 38.8 Å². The van der Waals surface area contributed by atoms with Gasteiger partial charge < -0.3 is 14.4 Å². The summed E-state index contributed by atoms with van der Waals surface area (Å²) in [6, 6.07) is 7.19. The van der Waals surface area contributed by atoms with Crippen LogP contribution in [0.15, 0.2) is 28.7 Å². The van der Waals surface area contributed by atoms with E-state index in [-0.39, 0.29) is 5.91 Å². The quantitative estimate of drug-likeness (QED) is 0.673. The van der Waals surface area contributed by atoms with E-state index in [1.807, 2.05) is 19.1 Å². The lowest BCUT2D eigenvalue weighted by molar-refractivity contribution is 0.0753. The van der Waals surface area contributed by atoms with E-state index in [0.29, 0.717) is 34.6 Å². The van der Waals surface area contributed by atoms with Gasteiger partial charge in [-0.05, 0) is 47.1 Å². The van der Waals surface area contributed by atoms with Gasteiger partial charge in [0.25, 0.3) is 5.91 Å². The Labute approximate surface area is 153 Å². The number of nitrogens with zero attached hydrogens (tertiary/aromatic N) is 1. The molecule has 0 N–H and O–H groups in total. The Morgan fingerprint density at radius 1 is 1.26 bits per heavy atom. The van der Waals surface area contributed by atoms with Gasteiger partial charge in [-0.15, -0.1) is 11.3 Å². The Balaban J connectivity index is 2.29. The Bertz CT molecular complexity index is 679. The van der Waals surface area contributed by atoms with Gasteiger partial charge >= 0.3 is 0 Å². The van der Waals surface area contributed by atoms with Gasteiger partial charge in [0.15, 0.2) is 0 Å². The van der Waals surface area contributed by atoms with Crippen molar-refractivity contribution in [3.05, 3.63) is 43.5 Å². The molecule has 0 atom stereocenters. The smallest absolute Gasteiger partial charge is 0.254 e. The summed E-state index contributed by atoms with van der Waals surface area (Å²) < 4.78 is 12.0. The molecule has 0 aliphatic carbocycles. The first kappa shape index (κ1) is 18.1. The maximum atomic E-state index is 12.8. The van der Waals surface area contributed by atoms with E-state index >= 15 is 0 Å². The van der Waals surface area contributed by atoms with Crippen LogP contribution in [0.1, 0.15) is 22.2 Å². The van der Waals surface area contributed by atoms with Crippen LogP contribution in [0.5, 0.6) is 11.5 Å². The highest BCUT2D eigenvalue weighted by Crippen LogP contribution is 2.36. The van der Waals surface area contributed by atoms with E-state index in [2.05, 4.69) is 15.9 Å². The van der Waals surface area contributed by atoms with Gasteiger partial charge in [0, 0.05) is 17.0 Å². The van der Waals surface area contributed by atoms with Gasteiger partial charge in [0.2, 0.25) is 0 Å². The van der Waals surface area contributed by atoms with Crippen LogP contribution < -0.4 is 9.47 Å². The Morgan fingerprint density at radius 2 is 1.87 bits per heavy atom. The van der Waals surface area contributed by atoms with Crippen LogP contribution in [0, 0.1) is 0 Å². The summed E-state index contributed by atoms with van der Waals surface area (Å²) in [4.78, 5) is 15.6. The summed E-state index contributed by atoms with van der Waals surface area (Å²) in [5, 5.41) is 0. The fourth-order valence-corrected chi connectivity index (χ4v) is 3.78. The van der Waals surface area contributed by atoms with E-state index in [9.17, 15) is 4.79 Å². The van der Waals surface area contributed by atoms with E-state index in [1.165, 1.54) is 11.3 Å². The second kappa shape index (κ2) is 8.04. The maximum absolute atomic E-state index is 12.8. The molecule has 0 bridgehead atoms. The van der Waals surface area contributed by atoms with Crippen molar-refractivity contribution < 1.29 is 14.3 Å². The minimum Gasteiger partial charge on any atom is -0.495 e. The molecule has 1 aromatic heterocycles. The molecule has 4 nitrogen and oxygen atoms in total. The van der Waals surface area contributed by atoms with Gasteiger partial charge in [-0.25, -0.2) is 0 Å². The predicted molar refractivity (Wildman–Crippen MR) is 97.0 cm³/mol. The van der Waals surface area contributed by atoms with Gasteiger partial charge in [-0.1, -0.05) is 11.6 Å². The maximum Gasteiger partial charge on any atom is 0.254 e. The van der Waals surface area contributed by atoms with Crippen LogP contribution in [0.2, 0.25) is 4.34 Å². The summed E-state index contributed by atoms with van der Waals surface area (Å²) >= 11 is 10.8. The zero-order valence-electron chi connectivity index (χ0n) is 13.1. The number of thiophene rings is 1. The van der Waals surface area contributed by atoms with Crippen LogP contribution in [-0.4, -0.2) is 31.6 Å². The summed E-state index contributed by atoms with van der Waals surface area (Å²) in [5.74, 6) is 1.03. The molecule has 2 aromatic rings. The first-order valence-electron chi connectivity index (χ1n) is 6.95. The number of carbonyl (C=O) groups is 1. The second-order valence-electron chi connectivity index (χ2n) is 4.72. The summed E-state index contributed by atoms with van der Waals surface area (Å²) in [5.41, 5.74) is 0.520. The van der Waals surface area contributed by atoms with E-state index in [4.69, 9.17) is 21.1 Å². The summed E-state index contributed by atoms with van der Waals surface area (Å²) in [6.07, 6.45) is 0. The molecule has 0 saturated carbocycles. The zero-order chi connectivity index (χ0) is 17.0. The highest BCUT2D eigenvalue weighted by atomic mass is 79.9. The van der Waals surface area contributed by atoms with E-state index < -0.39 is 0 Å². The molecule has 124 valence electrons. The Kier molecular flexibility index (Phi) is 6.33. The van der Waals surface area contributed by atoms with Crippen LogP contribution in [0.3, 0.4) is 0 Å². The molecule has 2 rings (SSSR count). The summed E-state index contributed by atoms with van der Waals surface area (Å²) in [7, 11) is 3.11. The first-order chi connectivity index (χ1) is 11.0. The molecule has 1 aromatic carbocycles. The average molecular weight is 419 g/mol. The fraction of sp³-hybridized carbons (Fsp3) is 0.312. The van der Waals surface area contributed by atoms with Gasteiger partial charge in [0.1, 0.15) is 16.0 Å². The third-order valence-electron chi connectivity index (χ3n) is 3.34. The monoisotopic (exact) mass is 417 g/mol. The molecule has 0 fully saturated rings. The fourth-order valence-electron chi connectivity index (χ4n) is 2.13. The predicted octanol–water partition coefficient (Wildman–Crippen LogP) is 4.84. The van der Waals surface area contributed by atoms with E-state index in [0.717, 1.165) is 9.21 Å². The third-order valence-corrected chi connectivity index (χ3v) is 5.33. The lowest BCUT2D eigenvalue weighted by Gasteiger charge is -2.21. The van der Waals surface area contributed by atoms with Crippen molar-refractivity contribution in [3.63, 3.8) is 0 Å².